The Balaban J connectivity index is 0.000000166. The van der Waals surface area contributed by atoms with Gasteiger partial charge in [0, 0.05) is 71.0 Å². The summed E-state index contributed by atoms with van der Waals surface area (Å²) in [6.45, 7) is -0.841. The summed E-state index contributed by atoms with van der Waals surface area (Å²) in [5, 5.41) is 78.2. The summed E-state index contributed by atoms with van der Waals surface area (Å²) in [6, 6.07) is 32.0. The van der Waals surface area contributed by atoms with Crippen LogP contribution in [0.3, 0.4) is 0 Å². The molecule has 0 saturated heterocycles. The molecule has 3 aromatic carbocycles. The number of rotatable bonds is 27. The van der Waals surface area contributed by atoms with Crippen LogP contribution in [0.25, 0.3) is 0 Å². The number of carbonyl (C=O) groups excluding carboxylic acids is 3. The third-order valence-corrected chi connectivity index (χ3v) is 21.1. The molecule has 12 rings (SSSR count). The van der Waals surface area contributed by atoms with Gasteiger partial charge in [-0.2, -0.15) is 25.3 Å². The van der Waals surface area contributed by atoms with Gasteiger partial charge >= 0.3 is 30.9 Å². The Bertz CT molecular complexity index is 4780. The lowest BCUT2D eigenvalue weighted by Gasteiger charge is -2.19. The molecule has 3 saturated carbocycles. The van der Waals surface area contributed by atoms with Crippen LogP contribution in [0.4, 0.5) is 17.5 Å². The van der Waals surface area contributed by atoms with Crippen molar-refractivity contribution < 1.29 is 82.1 Å². The zero-order chi connectivity index (χ0) is 73.8. The minimum Gasteiger partial charge on any atom is -0.457 e. The number of aliphatic hydroxyl groups is 5. The molecule has 3 fully saturated rings. The molecule has 3 aliphatic rings. The fourth-order valence-corrected chi connectivity index (χ4v) is 15.4. The van der Waals surface area contributed by atoms with Crippen molar-refractivity contribution in [2.45, 2.75) is 93.6 Å². The summed E-state index contributed by atoms with van der Waals surface area (Å²) in [5.41, 5.74) is 4.70. The first-order valence-electron chi connectivity index (χ1n) is 31.6. The van der Waals surface area contributed by atoms with E-state index < -0.39 is 96.8 Å². The molecule has 0 bridgehead atoms. The lowest BCUT2D eigenvalue weighted by atomic mass is 10.0. The van der Waals surface area contributed by atoms with Crippen LogP contribution in [0.2, 0.25) is 9.36 Å². The number of nitrogens with one attached hydrogen (secondary N) is 3. The van der Waals surface area contributed by atoms with Crippen molar-refractivity contribution in [3.8, 4) is 0 Å². The van der Waals surface area contributed by atoms with Gasteiger partial charge in [-0.05, 0) is 90.9 Å². The first-order chi connectivity index (χ1) is 49.0. The Morgan fingerprint density at radius 3 is 1.54 bits per heavy atom. The van der Waals surface area contributed by atoms with E-state index >= 15 is 0 Å². The first kappa shape index (κ1) is 77.6. The van der Waals surface area contributed by atoms with Gasteiger partial charge in [0.1, 0.15) is 54.4 Å². The summed E-state index contributed by atoms with van der Waals surface area (Å²) in [7, 11) is -12.4. The Labute approximate surface area is 609 Å². The second kappa shape index (κ2) is 34.7. The normalized spacial score (nSPS) is 21.3. The number of thiophene rings is 2. The smallest absolute Gasteiger partial charge is 0.333 e. The molecule has 0 radical (unpaired) electrons. The van der Waals surface area contributed by atoms with Gasteiger partial charge in [0.25, 0.3) is 0 Å². The zero-order valence-corrected chi connectivity index (χ0v) is 59.7. The van der Waals surface area contributed by atoms with Gasteiger partial charge in [0.05, 0.1) is 75.0 Å². The van der Waals surface area contributed by atoms with Crippen molar-refractivity contribution in [1.29, 1.82) is 0 Å². The summed E-state index contributed by atoms with van der Waals surface area (Å²) in [6.07, 6.45) is 5.68. The highest BCUT2D eigenvalue weighted by atomic mass is 35.5. The second-order valence-electron chi connectivity index (χ2n) is 24.4. The van der Waals surface area contributed by atoms with Crippen molar-refractivity contribution in [3.05, 3.63) is 227 Å². The maximum atomic E-state index is 13.3. The Kier molecular flexibility index (Phi) is 26.2. The van der Waals surface area contributed by atoms with Crippen molar-refractivity contribution in [1.82, 2.24) is 29.9 Å². The SMILES string of the molecule is NS(=O)(=O)OC[C@H]1C[C@@H](Nc2ncncc2C(=O)c2cc(C(O)c3ccccc3Cl)c(Cl)s2)C[C@@H]1O.NS(=O)(=O)OC[C@H]1C[C@@H](Nc2ncncc2C(=O)c2cc(Cc3ccccc3)cs2)C[C@@H]1O.NS(=O)(=O)OC[C@H]1C[C@@H](Nc2ncncc2C(=O)c2ccc(Cc3ccccc3)o2)[C@H](O)[C@@H]1O. The number of halogens is 2. The summed E-state index contributed by atoms with van der Waals surface area (Å²) in [4.78, 5) is 64.9. The number of nitrogens with two attached hydrogens (primary N) is 3. The lowest BCUT2D eigenvalue weighted by molar-refractivity contribution is 0.00778. The van der Waals surface area contributed by atoms with Crippen LogP contribution in [0.15, 0.2) is 157 Å². The van der Waals surface area contributed by atoms with Crippen molar-refractivity contribution >= 4 is 112 Å². The number of furan rings is 1. The number of hydrogen-bond acceptors (Lipinski definition) is 29. The Morgan fingerprint density at radius 1 is 0.544 bits per heavy atom. The third-order valence-electron chi connectivity index (χ3n) is 17.0. The van der Waals surface area contributed by atoms with E-state index in [-0.39, 0.29) is 88.3 Å². The highest BCUT2D eigenvalue weighted by Gasteiger charge is 2.43. The molecular weight excluding hydrogens is 1480 g/mol. The average Bonchev–Trinajstić information content (AvgIpc) is 1.69. The highest BCUT2D eigenvalue weighted by molar-refractivity contribution is 7.84. The van der Waals surface area contributed by atoms with Gasteiger partial charge in [0.2, 0.25) is 17.3 Å². The predicted octanol–water partition coefficient (Wildman–Crippen LogP) is 5.69. The Morgan fingerprint density at radius 2 is 1.02 bits per heavy atom. The molecule has 11 atom stereocenters. The minimum absolute atomic E-state index is 0.107. The third kappa shape index (κ3) is 21.6. The monoisotopic (exact) mass is 1550 g/mol. The van der Waals surface area contributed by atoms with E-state index in [1.54, 1.807) is 36.4 Å². The van der Waals surface area contributed by atoms with E-state index in [2.05, 4.69) is 58.4 Å². The summed E-state index contributed by atoms with van der Waals surface area (Å²) >= 11 is 15.0. The van der Waals surface area contributed by atoms with E-state index in [0.717, 1.165) is 28.9 Å². The zero-order valence-electron chi connectivity index (χ0n) is 54.1. The fraction of sp³-hybridized carbons (Fsp3) is 0.318. The van der Waals surface area contributed by atoms with Crippen LogP contribution in [0.5, 0.6) is 0 Å². The first-order valence-corrected chi connectivity index (χ1v) is 38.4. The van der Waals surface area contributed by atoms with Gasteiger partial charge in [0.15, 0.2) is 5.76 Å². The second-order valence-corrected chi connectivity index (χ2v) is 31.0. The number of nitrogens with zero attached hydrogens (tertiary/aromatic N) is 6. The maximum absolute atomic E-state index is 13.3. The summed E-state index contributed by atoms with van der Waals surface area (Å²) < 4.78 is 86.0. The van der Waals surface area contributed by atoms with Crippen LogP contribution >= 0.6 is 45.9 Å². The number of carbonyl (C=O) groups is 3. The number of benzene rings is 3. The van der Waals surface area contributed by atoms with Crippen LogP contribution < -0.4 is 31.4 Å². The molecule has 3 aliphatic carbocycles. The predicted molar refractivity (Wildman–Crippen MR) is 380 cm³/mol. The largest absolute Gasteiger partial charge is 0.457 e. The number of hydrogen-bond donors (Lipinski definition) is 11. The van der Waals surface area contributed by atoms with Crippen LogP contribution in [-0.2, 0) is 56.3 Å². The van der Waals surface area contributed by atoms with E-state index in [1.807, 2.05) is 72.1 Å². The van der Waals surface area contributed by atoms with Crippen molar-refractivity contribution in [3.63, 3.8) is 0 Å². The maximum Gasteiger partial charge on any atom is 0.333 e. The van der Waals surface area contributed by atoms with E-state index in [9.17, 15) is 65.2 Å². The molecule has 14 N–H and O–H groups in total. The van der Waals surface area contributed by atoms with E-state index in [0.29, 0.717) is 63.9 Å². The molecule has 37 heteroatoms. The average molecular weight is 1550 g/mol. The van der Waals surface area contributed by atoms with Gasteiger partial charge in [-0.3, -0.25) is 26.9 Å². The molecule has 6 heterocycles. The quantitative estimate of drug-likeness (QED) is 0.0275. The summed E-state index contributed by atoms with van der Waals surface area (Å²) in [5.74, 6) is -1.12. The molecule has 0 aliphatic heterocycles. The molecule has 30 nitrogen and oxygen atoms in total. The van der Waals surface area contributed by atoms with Crippen LogP contribution in [0.1, 0.15) is 118 Å². The molecule has 546 valence electrons. The molecular formula is C66H70Cl2N12O18S5. The number of anilines is 3. The molecule has 9 aromatic rings. The molecule has 103 heavy (non-hydrogen) atoms. The van der Waals surface area contributed by atoms with Crippen LogP contribution in [0, 0.1) is 17.8 Å². The van der Waals surface area contributed by atoms with Gasteiger partial charge in [-0.15, -0.1) is 22.7 Å². The Hall–Kier alpha value is -8.02. The van der Waals surface area contributed by atoms with Crippen LogP contribution in [-0.4, -0.2) is 160 Å². The minimum atomic E-state index is -4.18. The van der Waals surface area contributed by atoms with Gasteiger partial charge in [-0.25, -0.2) is 45.3 Å². The van der Waals surface area contributed by atoms with Crippen molar-refractivity contribution in [2.75, 3.05) is 35.8 Å². The lowest BCUT2D eigenvalue weighted by Crippen LogP contribution is -2.36. The topological polar surface area (TPSA) is 487 Å². The number of aromatic nitrogens is 6. The van der Waals surface area contributed by atoms with Crippen molar-refractivity contribution in [2.24, 2.45) is 33.2 Å². The number of ketones is 3. The fourth-order valence-electron chi connectivity index (χ4n) is 11.9. The molecule has 0 spiro atoms. The van der Waals surface area contributed by atoms with E-state index in [1.165, 1.54) is 60.5 Å². The van der Waals surface area contributed by atoms with Gasteiger partial charge < -0.3 is 45.9 Å². The number of aliphatic hydroxyl groups excluding tert-OH is 5. The molecule has 0 amide bonds. The van der Waals surface area contributed by atoms with E-state index in [4.69, 9.17) is 43.0 Å². The highest BCUT2D eigenvalue weighted by Crippen LogP contribution is 2.40. The van der Waals surface area contributed by atoms with Gasteiger partial charge in [-0.1, -0.05) is 102 Å². The standard InChI is InChI=1S/C22H22Cl2N4O6S2.C22H24N4O7S.C22H24N4O5S2/c23-16-4-2-1-3-13(16)19(30)14-7-18(35-21(14)24)20(31)15-8-26-10-27-22(15)28-12-5-11(17(29)6-12)9-34-36(25,32)33;23-34(30,31)32-11-14-9-17(21(29)19(14)27)26-22-16(10-24-12-25-22)20(28)18-7-6-15(33-18)8-13-4-2-1-3-5-13;23-33(29,30)31-11-16-8-17(9-19(16)27)26-22-18(10-24-13-25-22)21(28)20-7-15(12-32-20)6-14-4-2-1-3-5-14/h1-4,7-8,10-12,17,19,29-30H,5-6,9H2,(H2,25,32,33)(H,26,27,28);1-7,10,12,14,17,19,21,27,29H,8-9,11H2,(H2,23,30,31)(H,24,25,26);1-5,7,10,12-13,16-17,19,27H,6,8-9,11H2,(H2,23,29,30)(H,24,25,26)/t11-,12-,17+,19?;14-,17-,19-,21+;16-,17-,19+/m111/s1. The molecule has 6 aromatic heterocycles. The molecule has 1 unspecified atom stereocenters.